The minimum atomic E-state index is -4.23. The maximum Gasteiger partial charge on any atom is 1.00 e. The summed E-state index contributed by atoms with van der Waals surface area (Å²) in [5, 5.41) is 27.3. The number of benzene rings is 2. The number of halogens is 4. The molecule has 2 amide bonds. The van der Waals surface area contributed by atoms with E-state index in [2.05, 4.69) is 85.9 Å². The first-order valence-electron chi connectivity index (χ1n) is 18.2. The first-order chi connectivity index (χ1) is 30.8. The van der Waals surface area contributed by atoms with Gasteiger partial charge in [0.2, 0.25) is 17.2 Å². The van der Waals surface area contributed by atoms with Gasteiger partial charge in [0.1, 0.15) is 36.1 Å². The normalized spacial score (nSPS) is 11.8. The molecule has 3 heterocycles. The van der Waals surface area contributed by atoms with Crippen LogP contribution in [-0.2, 0) is 29.9 Å². The van der Waals surface area contributed by atoms with E-state index in [4.69, 9.17) is 18.9 Å². The van der Waals surface area contributed by atoms with E-state index < -0.39 is 61.2 Å². The molecule has 2 aromatic carbocycles. The summed E-state index contributed by atoms with van der Waals surface area (Å²) in [5.41, 5.74) is 0.231. The van der Waals surface area contributed by atoms with Gasteiger partial charge in [-0.15, -0.1) is 0 Å². The number of nitrogens with zero attached hydrogens (tertiary/aromatic N) is 7. The van der Waals surface area contributed by atoms with Crippen LogP contribution in [0, 0.1) is 11.6 Å². The third-order valence-electron chi connectivity index (χ3n) is 6.87. The Morgan fingerprint density at radius 2 is 1.28 bits per heavy atom. The molecule has 3 aromatic heterocycles. The fourth-order valence-corrected chi connectivity index (χ4v) is 6.54. The number of nitrogens with one attached hydrogen (secondary N) is 5. The van der Waals surface area contributed by atoms with Crippen LogP contribution < -0.4 is 69.2 Å². The van der Waals surface area contributed by atoms with Gasteiger partial charge in [-0.3, -0.25) is 15.2 Å². The molecule has 0 radical (unpaired) electrons. The molecule has 368 valence electrons. The van der Waals surface area contributed by atoms with Crippen LogP contribution in [0.15, 0.2) is 68.9 Å². The molecule has 0 atom stereocenters. The van der Waals surface area contributed by atoms with Gasteiger partial charge in [0, 0.05) is 13.1 Å². The van der Waals surface area contributed by atoms with E-state index in [0.717, 1.165) is 16.7 Å². The number of rotatable bonds is 16. The topological polar surface area (TPSA) is 388 Å². The van der Waals surface area contributed by atoms with Crippen LogP contribution in [0.5, 0.6) is 11.8 Å². The predicted octanol–water partition coefficient (Wildman–Crippen LogP) is 0.108. The van der Waals surface area contributed by atoms with E-state index in [1.54, 1.807) is 51.0 Å². The molecule has 0 spiro atoms. The minimum absolute atomic E-state index is 0. The second-order valence-corrected chi connectivity index (χ2v) is 19.1. The SMILES string of the molecule is CC(C)(C)OC(=O)NS(=O)(=O)NCCOc1nonc1-c1noc(=O)n1-c1ccc(F)c(Br)c1.CC(C)(C)OC(=O)NS(=O)(=O)NCCOc1nonc1C(=Nc1ccc(F)c(Br)c1)NO.[Na+].[OH-]. The van der Waals surface area contributed by atoms with Crippen molar-refractivity contribution in [2.24, 2.45) is 4.99 Å². The zero-order chi connectivity index (χ0) is 49.0. The summed E-state index contributed by atoms with van der Waals surface area (Å²) in [4.78, 5) is 39.4. The van der Waals surface area contributed by atoms with E-state index in [-0.39, 0.29) is 116 Å². The second-order valence-electron chi connectivity index (χ2n) is 14.4. The van der Waals surface area contributed by atoms with E-state index in [9.17, 15) is 45.2 Å². The molecule has 0 aliphatic carbocycles. The Bertz CT molecular complexity index is 2820. The maximum atomic E-state index is 13.6. The molecular weight excluding hydrogens is 1110 g/mol. The smallest absolute Gasteiger partial charge is 0.870 e. The molecular formula is C33H39Br2F2N12NaO16S2. The van der Waals surface area contributed by atoms with Gasteiger partial charge in [-0.2, -0.15) is 26.3 Å². The van der Waals surface area contributed by atoms with Gasteiger partial charge in [0.25, 0.3) is 11.8 Å². The minimum Gasteiger partial charge on any atom is -0.870 e. The standard InChI is InChI=1S/C17H18BrFN6O8S.C16H20BrFN6O7S.Na.H2O/c1-17(2,3)31-15(26)24-34(28,29)20-6-7-30-14-12(21-33-23-14)13-22-32-16(27)25(13)9-4-5-11(19)10(18)8-9;1-16(2,3)30-15(25)24-32(27,28)19-6-7-29-14-12(22-31-23-14)13(21-26)20-9-4-5-11(18)10(17)8-9;;/h4-5,8,20H,6-7H2,1-3H3,(H,24,26);4-5,8,19,26H,6-7H2,1-3H3,(H,20,21)(H,24,25);;1H2/q;;+1;/p-1. The van der Waals surface area contributed by atoms with Crippen LogP contribution >= 0.6 is 31.9 Å². The molecule has 0 saturated heterocycles. The van der Waals surface area contributed by atoms with E-state index >= 15 is 0 Å². The summed E-state index contributed by atoms with van der Waals surface area (Å²) < 4.78 is 117. The third kappa shape index (κ3) is 18.7. The predicted molar refractivity (Wildman–Crippen MR) is 228 cm³/mol. The molecule has 5 aromatic rings. The van der Waals surface area contributed by atoms with Crippen molar-refractivity contribution in [3.8, 4) is 29.0 Å². The van der Waals surface area contributed by atoms with Crippen LogP contribution in [0.25, 0.3) is 17.2 Å². The number of ether oxygens (including phenoxy) is 4. The van der Waals surface area contributed by atoms with Gasteiger partial charge in [-0.25, -0.2) is 51.4 Å². The van der Waals surface area contributed by atoms with E-state index in [1.807, 2.05) is 5.48 Å². The quantitative estimate of drug-likeness (QED) is 0.0251. The number of amides is 2. The number of carbonyl (C=O) groups is 2. The van der Waals surface area contributed by atoms with Crippen molar-refractivity contribution >= 4 is 76.0 Å². The van der Waals surface area contributed by atoms with Gasteiger partial charge in [0.05, 0.1) is 20.3 Å². The fraction of sp³-hybridized carbons (Fsp3) is 0.364. The summed E-state index contributed by atoms with van der Waals surface area (Å²) >= 11 is 6.05. The Morgan fingerprint density at radius 1 is 0.779 bits per heavy atom. The molecule has 0 unspecified atom stereocenters. The van der Waals surface area contributed by atoms with Crippen molar-refractivity contribution < 1.29 is 108 Å². The number of hydrogen-bond acceptors (Lipinski definition) is 22. The number of hydrogen-bond donors (Lipinski definition) is 6. The second kappa shape index (κ2) is 25.4. The van der Waals surface area contributed by atoms with Crippen LogP contribution in [0.1, 0.15) is 47.2 Å². The zero-order valence-corrected chi connectivity index (χ0v) is 43.2. The largest absolute Gasteiger partial charge is 1.00 e. The molecule has 5 rings (SSSR count). The van der Waals surface area contributed by atoms with Crippen LogP contribution in [0.4, 0.5) is 24.1 Å². The monoisotopic (exact) mass is 1140 g/mol. The molecule has 0 aliphatic rings. The van der Waals surface area contributed by atoms with Gasteiger partial charge in [-0.05, 0) is 130 Å². The molecule has 0 bridgehead atoms. The van der Waals surface area contributed by atoms with Crippen LogP contribution in [-0.4, -0.2) is 113 Å². The molecule has 35 heteroatoms. The third-order valence-corrected chi connectivity index (χ3v) is 10.1. The van der Waals surface area contributed by atoms with Crippen molar-refractivity contribution in [3.63, 3.8) is 0 Å². The van der Waals surface area contributed by atoms with E-state index in [0.29, 0.717) is 0 Å². The number of hydroxylamine groups is 1. The molecule has 0 aliphatic heterocycles. The Labute approximate surface area is 422 Å². The first-order valence-corrected chi connectivity index (χ1v) is 22.7. The molecule has 68 heavy (non-hydrogen) atoms. The average Bonchev–Trinajstić information content (AvgIpc) is 3.95. The summed E-state index contributed by atoms with van der Waals surface area (Å²) in [7, 11) is -8.42. The number of carbonyl (C=O) groups excluding carboxylic acids is 2. The van der Waals surface area contributed by atoms with Gasteiger partial charge < -0.3 is 24.4 Å². The molecule has 7 N–H and O–H groups in total. The van der Waals surface area contributed by atoms with Crippen molar-refractivity contribution in [3.05, 3.63) is 73.2 Å². The average molecular weight is 1140 g/mol. The fourth-order valence-electron chi connectivity index (χ4n) is 4.43. The maximum absolute atomic E-state index is 13.6. The molecule has 28 nitrogen and oxygen atoms in total. The van der Waals surface area contributed by atoms with Crippen molar-refractivity contribution in [1.82, 2.24) is 54.7 Å². The summed E-state index contributed by atoms with van der Waals surface area (Å²) in [6, 6.07) is 7.61. The number of aliphatic imine (C=N–C) groups is 1. The Morgan fingerprint density at radius 3 is 1.79 bits per heavy atom. The molecule has 0 fully saturated rings. The Balaban J connectivity index is 0.000000454. The van der Waals surface area contributed by atoms with Crippen molar-refractivity contribution in [1.29, 1.82) is 0 Å². The summed E-state index contributed by atoms with van der Waals surface area (Å²) in [5.74, 6) is -2.79. The number of aromatic nitrogens is 6. The zero-order valence-electron chi connectivity index (χ0n) is 36.4. The summed E-state index contributed by atoms with van der Waals surface area (Å²) in [6.07, 6.45) is -2.29. The first kappa shape index (κ1) is 59.0. The Hall–Kier alpha value is -5.17. The van der Waals surface area contributed by atoms with Crippen molar-refractivity contribution in [2.45, 2.75) is 52.7 Å². The van der Waals surface area contributed by atoms with Gasteiger partial charge in [-0.1, -0.05) is 5.16 Å². The van der Waals surface area contributed by atoms with Crippen molar-refractivity contribution in [2.75, 3.05) is 26.3 Å². The van der Waals surface area contributed by atoms with Gasteiger partial charge in [0.15, 0.2) is 5.84 Å². The van der Waals surface area contributed by atoms with Crippen LogP contribution in [0.3, 0.4) is 0 Å². The Kier molecular flexibility index (Phi) is 22.1. The van der Waals surface area contributed by atoms with Crippen LogP contribution in [0.2, 0.25) is 0 Å². The number of amidine groups is 1. The molecule has 0 saturated carbocycles. The van der Waals surface area contributed by atoms with Gasteiger partial charge >= 0.3 is 67.9 Å². The van der Waals surface area contributed by atoms with E-state index in [1.165, 1.54) is 24.3 Å². The summed E-state index contributed by atoms with van der Waals surface area (Å²) in [6.45, 7) is 8.38.